The number of carboxylic acids is 1. The number of rotatable bonds is 4. The third-order valence-corrected chi connectivity index (χ3v) is 3.87. The third kappa shape index (κ3) is 3.45. The second-order valence-corrected chi connectivity index (χ2v) is 5.55. The highest BCUT2D eigenvalue weighted by atomic mass is 35.5. The van der Waals surface area contributed by atoms with Crippen molar-refractivity contribution in [3.8, 4) is 0 Å². The second-order valence-electron chi connectivity index (χ2n) is 3.62. The van der Waals surface area contributed by atoms with Gasteiger partial charge in [-0.15, -0.1) is 0 Å². The molecular weight excluding hydrogens is 293 g/mol. The zero-order valence-corrected chi connectivity index (χ0v) is 11.4. The van der Waals surface area contributed by atoms with Gasteiger partial charge in [0.15, 0.2) is 0 Å². The zero-order valence-electron chi connectivity index (χ0n) is 9.11. The Balaban J connectivity index is 2.16. The number of aromatic amines is 1. The molecule has 0 bridgehead atoms. The van der Waals surface area contributed by atoms with E-state index in [0.717, 1.165) is 15.5 Å². The third-order valence-electron chi connectivity index (χ3n) is 2.18. The van der Waals surface area contributed by atoms with E-state index in [1.165, 1.54) is 11.8 Å². The molecule has 0 aliphatic carbocycles. The van der Waals surface area contributed by atoms with Gasteiger partial charge in [-0.05, 0) is 29.8 Å². The summed E-state index contributed by atoms with van der Waals surface area (Å²) in [6.45, 7) is 0. The molecule has 3 nitrogen and oxygen atoms in total. The Kier molecular flexibility index (Phi) is 4.22. The summed E-state index contributed by atoms with van der Waals surface area (Å²) in [5.74, 6) is -0.855. The van der Waals surface area contributed by atoms with Gasteiger partial charge in [-0.25, -0.2) is 0 Å². The van der Waals surface area contributed by atoms with Gasteiger partial charge in [0, 0.05) is 16.1 Å². The number of nitrogens with one attached hydrogen (secondary N) is 1. The molecule has 0 atom stereocenters. The molecule has 2 N–H and O–H groups in total. The van der Waals surface area contributed by atoms with Gasteiger partial charge in [0.05, 0.1) is 16.5 Å². The van der Waals surface area contributed by atoms with Crippen LogP contribution in [0.2, 0.25) is 10.0 Å². The van der Waals surface area contributed by atoms with Gasteiger partial charge < -0.3 is 10.1 Å². The molecule has 1 aromatic heterocycles. The van der Waals surface area contributed by atoms with Gasteiger partial charge in [-0.3, -0.25) is 4.79 Å². The molecule has 6 heteroatoms. The molecule has 0 aliphatic rings. The number of H-pyrrole nitrogens is 1. The zero-order chi connectivity index (χ0) is 13.1. The summed E-state index contributed by atoms with van der Waals surface area (Å²) in [7, 11) is 0. The second kappa shape index (κ2) is 5.69. The van der Waals surface area contributed by atoms with E-state index in [9.17, 15) is 4.79 Å². The first-order valence-corrected chi connectivity index (χ1v) is 6.64. The monoisotopic (exact) mass is 301 g/mol. The minimum atomic E-state index is -0.855. The standard InChI is InChI=1S/C12H9Cl2NO2S/c13-8-1-2-9(14)10(5-8)18-11-3-7(6-15-11)4-12(16)17/h1-3,5-6,15H,4H2,(H,16,17). The van der Waals surface area contributed by atoms with Crippen LogP contribution in [0.1, 0.15) is 5.56 Å². The molecule has 0 radical (unpaired) electrons. The first-order chi connectivity index (χ1) is 8.54. The van der Waals surface area contributed by atoms with Gasteiger partial charge in [-0.2, -0.15) is 0 Å². The molecule has 0 fully saturated rings. The van der Waals surface area contributed by atoms with Gasteiger partial charge in [0.1, 0.15) is 0 Å². The maximum atomic E-state index is 10.6. The molecule has 2 rings (SSSR count). The van der Waals surface area contributed by atoms with Crippen LogP contribution in [0.4, 0.5) is 0 Å². The molecule has 94 valence electrons. The van der Waals surface area contributed by atoms with E-state index in [0.29, 0.717) is 10.0 Å². The van der Waals surface area contributed by atoms with E-state index in [1.54, 1.807) is 30.5 Å². The number of carbonyl (C=O) groups is 1. The molecule has 0 saturated carbocycles. The molecule has 1 aromatic carbocycles. The summed E-state index contributed by atoms with van der Waals surface area (Å²) < 4.78 is 0. The van der Waals surface area contributed by atoms with Crippen molar-refractivity contribution in [3.63, 3.8) is 0 Å². The Labute approximate surface area is 118 Å². The summed E-state index contributed by atoms with van der Waals surface area (Å²) in [6.07, 6.45) is 1.68. The number of aliphatic carboxylic acids is 1. The van der Waals surface area contributed by atoms with Crippen molar-refractivity contribution in [1.82, 2.24) is 4.98 Å². The molecule has 0 amide bonds. The number of aromatic nitrogens is 1. The lowest BCUT2D eigenvalue weighted by atomic mass is 10.2. The number of benzene rings is 1. The SMILES string of the molecule is O=C(O)Cc1c[nH]c(Sc2cc(Cl)ccc2Cl)c1. The van der Waals surface area contributed by atoms with E-state index in [4.69, 9.17) is 28.3 Å². The minimum absolute atomic E-state index is 0.000335. The largest absolute Gasteiger partial charge is 0.481 e. The van der Waals surface area contributed by atoms with Crippen LogP contribution in [0, 0.1) is 0 Å². The van der Waals surface area contributed by atoms with Crippen molar-refractivity contribution in [2.45, 2.75) is 16.3 Å². The van der Waals surface area contributed by atoms with Crippen LogP contribution in [0.3, 0.4) is 0 Å². The smallest absolute Gasteiger partial charge is 0.307 e. The number of carboxylic acid groups (broad SMARTS) is 1. The highest BCUT2D eigenvalue weighted by Crippen LogP contribution is 2.34. The molecule has 0 unspecified atom stereocenters. The van der Waals surface area contributed by atoms with Crippen molar-refractivity contribution in [2.75, 3.05) is 0 Å². The van der Waals surface area contributed by atoms with Crippen LogP contribution < -0.4 is 0 Å². The first-order valence-electron chi connectivity index (χ1n) is 5.06. The highest BCUT2D eigenvalue weighted by Gasteiger charge is 2.07. The lowest BCUT2D eigenvalue weighted by molar-refractivity contribution is -0.136. The Hall–Kier alpha value is -1.10. The van der Waals surface area contributed by atoms with Crippen LogP contribution >= 0.6 is 35.0 Å². The van der Waals surface area contributed by atoms with Gasteiger partial charge in [0.2, 0.25) is 0 Å². The molecule has 2 aromatic rings. The number of hydrogen-bond donors (Lipinski definition) is 2. The molecule has 18 heavy (non-hydrogen) atoms. The molecule has 0 spiro atoms. The fourth-order valence-electron chi connectivity index (χ4n) is 1.43. The lowest BCUT2D eigenvalue weighted by Crippen LogP contribution is -1.97. The number of halogens is 2. The van der Waals surface area contributed by atoms with Crippen molar-refractivity contribution in [3.05, 3.63) is 46.1 Å². The van der Waals surface area contributed by atoms with Crippen LogP contribution in [-0.2, 0) is 11.2 Å². The predicted molar refractivity (Wildman–Crippen MR) is 72.7 cm³/mol. The highest BCUT2D eigenvalue weighted by molar-refractivity contribution is 7.99. The van der Waals surface area contributed by atoms with Crippen LogP contribution in [0.25, 0.3) is 0 Å². The van der Waals surface area contributed by atoms with Crippen LogP contribution in [-0.4, -0.2) is 16.1 Å². The Morgan fingerprint density at radius 2 is 2.11 bits per heavy atom. The summed E-state index contributed by atoms with van der Waals surface area (Å²) in [4.78, 5) is 14.4. The van der Waals surface area contributed by atoms with E-state index in [-0.39, 0.29) is 6.42 Å². The normalized spacial score (nSPS) is 10.6. The van der Waals surface area contributed by atoms with Gasteiger partial charge in [-0.1, -0.05) is 35.0 Å². The van der Waals surface area contributed by atoms with Crippen molar-refractivity contribution < 1.29 is 9.90 Å². The average Bonchev–Trinajstić information content (AvgIpc) is 2.70. The number of hydrogen-bond acceptors (Lipinski definition) is 2. The summed E-state index contributed by atoms with van der Waals surface area (Å²) in [6, 6.07) is 7.01. The predicted octanol–water partition coefficient (Wildman–Crippen LogP) is 4.10. The lowest BCUT2D eigenvalue weighted by Gasteiger charge is -2.02. The van der Waals surface area contributed by atoms with Gasteiger partial charge >= 0.3 is 5.97 Å². The minimum Gasteiger partial charge on any atom is -0.481 e. The van der Waals surface area contributed by atoms with E-state index in [1.807, 2.05) is 0 Å². The summed E-state index contributed by atoms with van der Waals surface area (Å²) >= 11 is 13.4. The fourth-order valence-corrected chi connectivity index (χ4v) is 2.81. The van der Waals surface area contributed by atoms with E-state index >= 15 is 0 Å². The average molecular weight is 302 g/mol. The Bertz CT molecular complexity index is 583. The van der Waals surface area contributed by atoms with Crippen molar-refractivity contribution >= 4 is 40.9 Å². The summed E-state index contributed by atoms with van der Waals surface area (Å²) in [5, 5.41) is 10.7. The first kappa shape index (κ1) is 13.3. The topological polar surface area (TPSA) is 53.1 Å². The van der Waals surface area contributed by atoms with Crippen LogP contribution in [0.15, 0.2) is 40.4 Å². The van der Waals surface area contributed by atoms with Crippen LogP contribution in [0.5, 0.6) is 0 Å². The van der Waals surface area contributed by atoms with E-state index in [2.05, 4.69) is 4.98 Å². The Morgan fingerprint density at radius 1 is 1.33 bits per heavy atom. The maximum Gasteiger partial charge on any atom is 0.307 e. The molecule has 1 heterocycles. The molecule has 0 aliphatic heterocycles. The van der Waals surface area contributed by atoms with Crippen molar-refractivity contribution in [2.24, 2.45) is 0 Å². The van der Waals surface area contributed by atoms with Gasteiger partial charge in [0.25, 0.3) is 0 Å². The van der Waals surface area contributed by atoms with Crippen molar-refractivity contribution in [1.29, 1.82) is 0 Å². The maximum absolute atomic E-state index is 10.6. The molecular formula is C12H9Cl2NO2S. The fraction of sp³-hybridized carbons (Fsp3) is 0.0833. The molecule has 0 saturated heterocycles. The van der Waals surface area contributed by atoms with E-state index < -0.39 is 5.97 Å². The quantitative estimate of drug-likeness (QED) is 0.894. The Morgan fingerprint density at radius 3 is 2.83 bits per heavy atom. The summed E-state index contributed by atoms with van der Waals surface area (Å²) in [5.41, 5.74) is 0.725.